The van der Waals surface area contributed by atoms with E-state index in [4.69, 9.17) is 0 Å². The highest BCUT2D eigenvalue weighted by Gasteiger charge is 2.38. The molecule has 1 aromatic heterocycles. The molecule has 0 bridgehead atoms. The van der Waals surface area contributed by atoms with E-state index < -0.39 is 29.2 Å². The number of halogens is 6. The zero-order valence-corrected chi connectivity index (χ0v) is 20.2. The second-order valence-corrected chi connectivity index (χ2v) is 9.26. The summed E-state index contributed by atoms with van der Waals surface area (Å²) in [7, 11) is 0. The van der Waals surface area contributed by atoms with Gasteiger partial charge in [-0.3, -0.25) is 0 Å². The molecule has 39 heavy (non-hydrogen) atoms. The Bertz CT molecular complexity index is 1720. The van der Waals surface area contributed by atoms with Crippen LogP contribution in [0.15, 0.2) is 115 Å². The van der Waals surface area contributed by atoms with E-state index >= 15 is 0 Å². The summed E-state index contributed by atoms with van der Waals surface area (Å²) in [5.74, 6) is 0. The third-order valence-electron chi connectivity index (χ3n) is 6.85. The van der Waals surface area contributed by atoms with Gasteiger partial charge in [-0.15, -0.1) is 0 Å². The van der Waals surface area contributed by atoms with Crippen molar-refractivity contribution in [3.05, 3.63) is 126 Å². The number of benzene rings is 5. The van der Waals surface area contributed by atoms with Crippen LogP contribution in [-0.4, -0.2) is 4.57 Å². The van der Waals surface area contributed by atoms with Crippen molar-refractivity contribution in [3.8, 4) is 27.9 Å². The summed E-state index contributed by atoms with van der Waals surface area (Å²) in [6.07, 6.45) is -9.67. The largest absolute Gasteiger partial charge is 0.418 e. The van der Waals surface area contributed by atoms with Gasteiger partial charge >= 0.3 is 12.4 Å². The van der Waals surface area contributed by atoms with Crippen LogP contribution in [0, 0.1) is 0 Å². The number of hydrogen-bond donors (Lipinski definition) is 0. The van der Waals surface area contributed by atoms with Crippen LogP contribution in [0.25, 0.3) is 49.7 Å². The van der Waals surface area contributed by atoms with Crippen molar-refractivity contribution >= 4 is 21.8 Å². The molecular formula is C32H19F6N. The summed E-state index contributed by atoms with van der Waals surface area (Å²) >= 11 is 0. The lowest BCUT2D eigenvalue weighted by Crippen LogP contribution is -2.14. The second-order valence-electron chi connectivity index (χ2n) is 9.26. The minimum Gasteiger partial charge on any atom is -0.309 e. The molecule has 1 heterocycles. The van der Waals surface area contributed by atoms with E-state index in [0.29, 0.717) is 40.0 Å². The monoisotopic (exact) mass is 531 g/mol. The standard InChI is InChI=1S/C32H19F6N/c33-31(34,35)24-13-14-27(32(36,37)38)30(19-24)39-28-15-11-22(20-7-3-1-4-8-20)17-25(28)26-18-23(12-16-29(26)39)21-9-5-2-6-10-21/h1-19H. The van der Waals surface area contributed by atoms with Crippen LogP contribution in [0.2, 0.25) is 0 Å². The zero-order chi connectivity index (χ0) is 27.4. The van der Waals surface area contributed by atoms with Gasteiger partial charge in [0.05, 0.1) is 27.8 Å². The van der Waals surface area contributed by atoms with Crippen molar-refractivity contribution in [3.63, 3.8) is 0 Å². The van der Waals surface area contributed by atoms with Crippen LogP contribution in [0.5, 0.6) is 0 Å². The molecule has 6 aromatic rings. The Morgan fingerprint density at radius 3 is 1.36 bits per heavy atom. The molecule has 0 radical (unpaired) electrons. The zero-order valence-electron chi connectivity index (χ0n) is 20.2. The van der Waals surface area contributed by atoms with Crippen molar-refractivity contribution < 1.29 is 26.3 Å². The predicted octanol–water partition coefficient (Wildman–Crippen LogP) is 10.2. The summed E-state index contributed by atoms with van der Waals surface area (Å²) in [4.78, 5) is 0. The van der Waals surface area contributed by atoms with Crippen molar-refractivity contribution in [2.45, 2.75) is 12.4 Å². The lowest BCUT2D eigenvalue weighted by Gasteiger charge is -2.18. The third kappa shape index (κ3) is 4.44. The van der Waals surface area contributed by atoms with Crippen molar-refractivity contribution in [1.82, 2.24) is 4.57 Å². The quantitative estimate of drug-likeness (QED) is 0.200. The van der Waals surface area contributed by atoms with Crippen LogP contribution in [0.3, 0.4) is 0 Å². The first-order chi connectivity index (χ1) is 18.6. The van der Waals surface area contributed by atoms with Crippen molar-refractivity contribution in [2.75, 3.05) is 0 Å². The van der Waals surface area contributed by atoms with E-state index in [0.717, 1.165) is 22.3 Å². The lowest BCUT2D eigenvalue weighted by atomic mass is 10.0. The van der Waals surface area contributed by atoms with Gasteiger partial charge in [-0.2, -0.15) is 26.3 Å². The Kier molecular flexibility index (Phi) is 5.75. The molecule has 0 fully saturated rings. The maximum absolute atomic E-state index is 14.1. The predicted molar refractivity (Wildman–Crippen MR) is 142 cm³/mol. The summed E-state index contributed by atoms with van der Waals surface area (Å²) in [5, 5.41) is 1.27. The molecule has 5 aromatic carbocycles. The van der Waals surface area contributed by atoms with Gasteiger partial charge in [-0.1, -0.05) is 72.8 Å². The van der Waals surface area contributed by atoms with Crippen LogP contribution in [0.4, 0.5) is 26.3 Å². The van der Waals surface area contributed by atoms with E-state index in [-0.39, 0.29) is 0 Å². The molecule has 0 atom stereocenters. The first-order valence-corrected chi connectivity index (χ1v) is 12.1. The average Bonchev–Trinajstić information content (AvgIpc) is 3.25. The van der Waals surface area contributed by atoms with Gasteiger partial charge in [-0.05, 0) is 64.7 Å². The molecule has 0 aliphatic heterocycles. The highest BCUT2D eigenvalue weighted by molar-refractivity contribution is 6.11. The normalized spacial score (nSPS) is 12.4. The smallest absolute Gasteiger partial charge is 0.309 e. The van der Waals surface area contributed by atoms with Gasteiger partial charge in [0.1, 0.15) is 0 Å². The Hall–Kier alpha value is -4.52. The fourth-order valence-electron chi connectivity index (χ4n) is 5.04. The summed E-state index contributed by atoms with van der Waals surface area (Å²) in [6.45, 7) is 0. The van der Waals surface area contributed by atoms with Crippen LogP contribution >= 0.6 is 0 Å². The summed E-state index contributed by atoms with van der Waals surface area (Å²) in [5.41, 5.74) is 1.39. The fourth-order valence-corrected chi connectivity index (χ4v) is 5.04. The molecule has 6 rings (SSSR count). The van der Waals surface area contributed by atoms with Gasteiger partial charge in [-0.25, -0.2) is 0 Å². The molecule has 0 unspecified atom stereocenters. The van der Waals surface area contributed by atoms with E-state index in [1.54, 1.807) is 24.3 Å². The first-order valence-electron chi connectivity index (χ1n) is 12.1. The molecule has 0 saturated carbocycles. The van der Waals surface area contributed by atoms with E-state index in [1.165, 1.54) is 4.57 Å². The second kappa shape index (κ2) is 9.05. The summed E-state index contributed by atoms with van der Waals surface area (Å²) < 4.78 is 84.7. The molecule has 0 amide bonds. The molecular weight excluding hydrogens is 512 g/mol. The topological polar surface area (TPSA) is 4.93 Å². The van der Waals surface area contributed by atoms with E-state index in [2.05, 4.69) is 0 Å². The number of rotatable bonds is 3. The van der Waals surface area contributed by atoms with Crippen LogP contribution in [-0.2, 0) is 12.4 Å². The maximum Gasteiger partial charge on any atom is 0.418 e. The molecule has 1 nitrogen and oxygen atoms in total. The van der Waals surface area contributed by atoms with Gasteiger partial charge in [0.2, 0.25) is 0 Å². The van der Waals surface area contributed by atoms with Crippen molar-refractivity contribution in [1.29, 1.82) is 0 Å². The third-order valence-corrected chi connectivity index (χ3v) is 6.85. The molecule has 0 aliphatic carbocycles. The Morgan fingerprint density at radius 1 is 0.436 bits per heavy atom. The Morgan fingerprint density at radius 2 is 0.923 bits per heavy atom. The molecule has 0 saturated heterocycles. The highest BCUT2D eigenvalue weighted by Crippen LogP contribution is 2.43. The number of fused-ring (bicyclic) bond motifs is 3. The minimum absolute atomic E-state index is 0.375. The van der Waals surface area contributed by atoms with E-state index in [1.807, 2.05) is 72.8 Å². The summed E-state index contributed by atoms with van der Waals surface area (Å²) in [6, 6.07) is 31.2. The van der Waals surface area contributed by atoms with Gasteiger partial charge in [0.15, 0.2) is 0 Å². The Labute approximate surface area is 219 Å². The molecule has 0 spiro atoms. The number of nitrogens with zero attached hydrogens (tertiary/aromatic N) is 1. The Balaban J connectivity index is 1.71. The molecule has 0 aliphatic rings. The highest BCUT2D eigenvalue weighted by atomic mass is 19.4. The number of aromatic nitrogens is 1. The minimum atomic E-state index is -4.86. The van der Waals surface area contributed by atoms with Crippen LogP contribution in [0.1, 0.15) is 11.1 Å². The molecule has 0 N–H and O–H groups in total. The maximum atomic E-state index is 14.1. The van der Waals surface area contributed by atoms with Crippen LogP contribution < -0.4 is 0 Å². The number of hydrogen-bond acceptors (Lipinski definition) is 0. The molecule has 7 heteroatoms. The SMILES string of the molecule is FC(F)(F)c1ccc(C(F)(F)F)c(-n2c3ccc(-c4ccccc4)cc3c3cc(-c4ccccc4)ccc32)c1. The van der Waals surface area contributed by atoms with Gasteiger partial charge in [0, 0.05) is 10.8 Å². The first kappa shape index (κ1) is 24.8. The average molecular weight is 531 g/mol. The molecule has 194 valence electrons. The number of alkyl halides is 6. The van der Waals surface area contributed by atoms with Gasteiger partial charge in [0.25, 0.3) is 0 Å². The van der Waals surface area contributed by atoms with Crippen molar-refractivity contribution in [2.24, 2.45) is 0 Å². The van der Waals surface area contributed by atoms with E-state index in [9.17, 15) is 26.3 Å². The fraction of sp³-hybridized carbons (Fsp3) is 0.0625. The lowest BCUT2D eigenvalue weighted by molar-refractivity contribution is -0.141. The van der Waals surface area contributed by atoms with Gasteiger partial charge < -0.3 is 4.57 Å².